The molecule has 1 aliphatic carbocycles. The van der Waals surface area contributed by atoms with E-state index in [1.54, 1.807) is 25.2 Å². The van der Waals surface area contributed by atoms with Crippen LogP contribution in [0.15, 0.2) is 18.2 Å². The van der Waals surface area contributed by atoms with Gasteiger partial charge in [-0.2, -0.15) is 0 Å². The zero-order valence-electron chi connectivity index (χ0n) is 14.2. The Bertz CT molecular complexity index is 833. The van der Waals surface area contributed by atoms with Gasteiger partial charge in [0.2, 0.25) is 11.8 Å². The van der Waals surface area contributed by atoms with E-state index in [4.69, 9.17) is 11.6 Å². The van der Waals surface area contributed by atoms with Crippen molar-refractivity contribution in [3.05, 3.63) is 28.8 Å². The highest BCUT2D eigenvalue weighted by Crippen LogP contribution is 2.48. The number of halogens is 1. The number of hydrogen-bond donors (Lipinski definition) is 1. The van der Waals surface area contributed by atoms with Gasteiger partial charge in [0, 0.05) is 23.8 Å². The Morgan fingerprint density at radius 3 is 2.52 bits per heavy atom. The molecular weight excluding hydrogens is 364 g/mol. The smallest absolute Gasteiger partial charge is 0.240 e. The van der Waals surface area contributed by atoms with Gasteiger partial charge in [-0.05, 0) is 49.9 Å². The summed E-state index contributed by atoms with van der Waals surface area (Å²) in [5, 5.41) is 3.40. The molecule has 25 heavy (non-hydrogen) atoms. The average Bonchev–Trinajstić information content (AvgIpc) is 3.27. The normalized spacial score (nSPS) is 23.1. The number of rotatable bonds is 4. The third-order valence-electron chi connectivity index (χ3n) is 5.11. The summed E-state index contributed by atoms with van der Waals surface area (Å²) in [6.07, 6.45) is 1.39. The second-order valence-corrected chi connectivity index (χ2v) is 9.63. The molecule has 2 aliphatic rings. The van der Waals surface area contributed by atoms with Gasteiger partial charge in [0.05, 0.1) is 11.5 Å². The highest BCUT2D eigenvalue weighted by Gasteiger charge is 2.58. The van der Waals surface area contributed by atoms with Crippen molar-refractivity contribution in [2.24, 2.45) is 5.41 Å². The number of amides is 2. The molecule has 2 fully saturated rings. The summed E-state index contributed by atoms with van der Waals surface area (Å²) in [6.45, 7) is 1.83. The Morgan fingerprint density at radius 1 is 1.32 bits per heavy atom. The summed E-state index contributed by atoms with van der Waals surface area (Å²) in [5.74, 6) is -0.559. The Balaban J connectivity index is 1.72. The lowest BCUT2D eigenvalue weighted by Crippen LogP contribution is -2.46. The molecule has 0 spiro atoms. The van der Waals surface area contributed by atoms with Crippen molar-refractivity contribution in [2.45, 2.75) is 32.2 Å². The van der Waals surface area contributed by atoms with E-state index in [1.165, 1.54) is 4.90 Å². The van der Waals surface area contributed by atoms with Gasteiger partial charge in [0.15, 0.2) is 9.84 Å². The molecule has 1 unspecified atom stereocenters. The molecule has 3 rings (SSSR count). The number of benzene rings is 1. The number of carbonyl (C=O) groups excluding carboxylic acids is 2. The first-order chi connectivity index (χ1) is 11.6. The zero-order chi connectivity index (χ0) is 18.4. The van der Waals surface area contributed by atoms with Gasteiger partial charge in [-0.1, -0.05) is 11.6 Å². The number of hydrogen-bond acceptors (Lipinski definition) is 4. The largest absolute Gasteiger partial charge is 0.341 e. The van der Waals surface area contributed by atoms with Gasteiger partial charge >= 0.3 is 0 Å². The highest BCUT2D eigenvalue weighted by atomic mass is 35.5. The Hall–Kier alpha value is -1.60. The van der Waals surface area contributed by atoms with Crippen molar-refractivity contribution in [1.82, 2.24) is 4.90 Å². The highest BCUT2D eigenvalue weighted by molar-refractivity contribution is 7.91. The van der Waals surface area contributed by atoms with Crippen molar-refractivity contribution in [1.29, 1.82) is 0 Å². The average molecular weight is 385 g/mol. The molecule has 2 amide bonds. The summed E-state index contributed by atoms with van der Waals surface area (Å²) in [5.41, 5.74) is 0.367. The predicted octanol–water partition coefficient (Wildman–Crippen LogP) is 2.01. The maximum Gasteiger partial charge on any atom is 0.240 e. The lowest BCUT2D eigenvalue weighted by Gasteiger charge is -2.27. The molecular formula is C17H21ClN2O4S. The predicted molar refractivity (Wildman–Crippen MR) is 96.3 cm³/mol. The summed E-state index contributed by atoms with van der Waals surface area (Å²) in [4.78, 5) is 27.0. The van der Waals surface area contributed by atoms with Gasteiger partial charge < -0.3 is 10.2 Å². The third-order valence-corrected chi connectivity index (χ3v) is 7.09. The van der Waals surface area contributed by atoms with Crippen molar-refractivity contribution < 1.29 is 18.0 Å². The van der Waals surface area contributed by atoms with Gasteiger partial charge in [0.1, 0.15) is 5.41 Å². The van der Waals surface area contributed by atoms with Crippen LogP contribution in [0.2, 0.25) is 5.02 Å². The van der Waals surface area contributed by atoms with E-state index in [-0.39, 0.29) is 29.4 Å². The second kappa shape index (κ2) is 6.29. The molecule has 1 heterocycles. The van der Waals surface area contributed by atoms with E-state index in [2.05, 4.69) is 5.32 Å². The molecule has 1 aliphatic heterocycles. The van der Waals surface area contributed by atoms with Crippen LogP contribution in [0.5, 0.6) is 0 Å². The van der Waals surface area contributed by atoms with E-state index in [1.807, 2.05) is 6.92 Å². The Kier molecular flexibility index (Phi) is 4.58. The fourth-order valence-corrected chi connectivity index (χ4v) is 5.26. The van der Waals surface area contributed by atoms with E-state index in [9.17, 15) is 18.0 Å². The van der Waals surface area contributed by atoms with Crippen LogP contribution in [0.3, 0.4) is 0 Å². The molecule has 1 aromatic carbocycles. The number of nitrogens with one attached hydrogen (secondary N) is 1. The van der Waals surface area contributed by atoms with Crippen molar-refractivity contribution in [3.63, 3.8) is 0 Å². The van der Waals surface area contributed by atoms with Crippen molar-refractivity contribution in [3.8, 4) is 0 Å². The first-order valence-electron chi connectivity index (χ1n) is 8.20. The maximum absolute atomic E-state index is 12.8. The fourth-order valence-electron chi connectivity index (χ4n) is 3.26. The number of nitrogens with zero attached hydrogens (tertiary/aromatic N) is 1. The third kappa shape index (κ3) is 3.53. The minimum atomic E-state index is -3.08. The van der Waals surface area contributed by atoms with Crippen molar-refractivity contribution in [2.75, 3.05) is 23.9 Å². The van der Waals surface area contributed by atoms with Gasteiger partial charge in [-0.3, -0.25) is 9.59 Å². The molecule has 8 heteroatoms. The summed E-state index contributed by atoms with van der Waals surface area (Å²) in [7, 11) is -1.49. The Labute approximate surface area is 152 Å². The molecule has 0 aromatic heterocycles. The van der Waals surface area contributed by atoms with E-state index >= 15 is 0 Å². The number of anilines is 1. The topological polar surface area (TPSA) is 83.6 Å². The summed E-state index contributed by atoms with van der Waals surface area (Å²) in [6, 6.07) is 4.79. The standard InChI is InChI=1S/C17H21ClN2O4S/c1-11-9-12(18)3-4-14(11)19-15(21)17(6-7-17)16(22)20(2)13-5-8-25(23,24)10-13/h3-4,9,13H,5-8,10H2,1-2H3,(H,19,21). The van der Waals surface area contributed by atoms with Crippen LogP contribution >= 0.6 is 11.6 Å². The molecule has 136 valence electrons. The number of carbonyl (C=O) groups is 2. The molecule has 6 nitrogen and oxygen atoms in total. The zero-order valence-corrected chi connectivity index (χ0v) is 15.8. The molecule has 1 saturated heterocycles. The molecule has 1 atom stereocenters. The van der Waals surface area contributed by atoms with Crippen molar-refractivity contribution >= 4 is 38.9 Å². The summed E-state index contributed by atoms with van der Waals surface area (Å²) < 4.78 is 23.3. The summed E-state index contributed by atoms with van der Waals surface area (Å²) >= 11 is 5.92. The van der Waals surface area contributed by atoms with Gasteiger partial charge in [-0.15, -0.1) is 0 Å². The second-order valence-electron chi connectivity index (χ2n) is 6.97. The minimum Gasteiger partial charge on any atom is -0.341 e. The van der Waals surface area contributed by atoms with Crippen LogP contribution in [-0.4, -0.2) is 49.7 Å². The van der Waals surface area contributed by atoms with E-state index < -0.39 is 15.3 Å². The number of sulfone groups is 1. The molecule has 1 N–H and O–H groups in total. The monoisotopic (exact) mass is 384 g/mol. The van der Waals surface area contributed by atoms with Crippen LogP contribution in [0.4, 0.5) is 5.69 Å². The molecule has 0 radical (unpaired) electrons. The number of aryl methyl sites for hydroxylation is 1. The first kappa shape index (κ1) is 18.2. The Morgan fingerprint density at radius 2 is 2.00 bits per heavy atom. The minimum absolute atomic E-state index is 0.0246. The van der Waals surface area contributed by atoms with Crippen LogP contribution in [-0.2, 0) is 19.4 Å². The SMILES string of the molecule is Cc1cc(Cl)ccc1NC(=O)C1(C(=O)N(C)C2CCS(=O)(=O)C2)CC1. The van der Waals surface area contributed by atoms with Crippen LogP contribution in [0.1, 0.15) is 24.8 Å². The molecule has 1 saturated carbocycles. The molecule has 1 aromatic rings. The van der Waals surface area contributed by atoms with Gasteiger partial charge in [0.25, 0.3) is 0 Å². The lowest BCUT2D eigenvalue weighted by atomic mass is 10.0. The fraction of sp³-hybridized carbons (Fsp3) is 0.529. The van der Waals surface area contributed by atoms with Gasteiger partial charge in [-0.25, -0.2) is 8.42 Å². The quantitative estimate of drug-likeness (QED) is 0.805. The van der Waals surface area contributed by atoms with E-state index in [0.29, 0.717) is 30.0 Å². The van der Waals surface area contributed by atoms with Crippen LogP contribution < -0.4 is 5.32 Å². The van der Waals surface area contributed by atoms with Crippen LogP contribution in [0, 0.1) is 12.3 Å². The first-order valence-corrected chi connectivity index (χ1v) is 10.4. The lowest BCUT2D eigenvalue weighted by molar-refractivity contribution is -0.142. The maximum atomic E-state index is 12.8. The van der Waals surface area contributed by atoms with E-state index in [0.717, 1.165) is 5.56 Å². The van der Waals surface area contributed by atoms with Crippen LogP contribution in [0.25, 0.3) is 0 Å². The molecule has 0 bridgehead atoms.